The maximum Gasteiger partial charge on any atom is 0.321 e. The molecule has 0 unspecified atom stereocenters. The number of carbonyl (C=O) groups excluding carboxylic acids is 2. The Morgan fingerprint density at radius 2 is 1.44 bits per heavy atom. The molecular formula is C31H36Cl2N4O2. The zero-order chi connectivity index (χ0) is 27.8. The van der Waals surface area contributed by atoms with Gasteiger partial charge in [0.05, 0.1) is 21.8 Å². The Hall–Kier alpha value is -3.06. The molecule has 0 aromatic heterocycles. The molecule has 1 aliphatic rings. The Kier molecular flexibility index (Phi) is 10.3. The number of hydrogen-bond acceptors (Lipinski definition) is 3. The van der Waals surface area contributed by atoms with E-state index in [-0.39, 0.29) is 30.3 Å². The van der Waals surface area contributed by atoms with Crippen molar-refractivity contribution in [1.29, 1.82) is 0 Å². The predicted molar refractivity (Wildman–Crippen MR) is 159 cm³/mol. The summed E-state index contributed by atoms with van der Waals surface area (Å²) in [7, 11) is 0. The summed E-state index contributed by atoms with van der Waals surface area (Å²) in [5.41, 5.74) is 2.95. The highest BCUT2D eigenvalue weighted by Gasteiger charge is 2.28. The standard InChI is InChI=1S/C31H36Cl2N4O2/c1-23(2)22-37(31(39)34-27-15-9-14-26(32)29(27)33)17-16-28(38)35-18-20-36(21-19-35)30(24-10-5-3-6-11-24)25-12-7-4-8-13-25/h3-15,23,30H,16-22H2,1-2H3,(H,34,39). The summed E-state index contributed by atoms with van der Waals surface area (Å²) < 4.78 is 0. The third-order valence-electron chi connectivity index (χ3n) is 6.92. The molecule has 3 amide bonds. The molecule has 6 nitrogen and oxygen atoms in total. The van der Waals surface area contributed by atoms with E-state index in [1.54, 1.807) is 23.1 Å². The minimum atomic E-state index is -0.293. The molecule has 1 saturated heterocycles. The number of nitrogens with zero attached hydrogens (tertiary/aromatic N) is 3. The molecule has 0 aliphatic carbocycles. The topological polar surface area (TPSA) is 55.9 Å². The van der Waals surface area contributed by atoms with Gasteiger partial charge in [-0.3, -0.25) is 9.69 Å². The number of hydrogen-bond donors (Lipinski definition) is 1. The normalized spacial score (nSPS) is 14.1. The number of urea groups is 1. The van der Waals surface area contributed by atoms with E-state index in [1.165, 1.54) is 11.1 Å². The molecule has 0 atom stereocenters. The van der Waals surface area contributed by atoms with Gasteiger partial charge in [0.25, 0.3) is 0 Å². The molecule has 3 aromatic carbocycles. The highest BCUT2D eigenvalue weighted by molar-refractivity contribution is 6.43. The van der Waals surface area contributed by atoms with Crippen molar-refractivity contribution in [2.75, 3.05) is 44.6 Å². The summed E-state index contributed by atoms with van der Waals surface area (Å²) in [4.78, 5) is 32.3. The van der Waals surface area contributed by atoms with E-state index in [4.69, 9.17) is 23.2 Å². The molecule has 1 N–H and O–H groups in total. The van der Waals surface area contributed by atoms with Crippen LogP contribution in [-0.4, -0.2) is 65.9 Å². The summed E-state index contributed by atoms with van der Waals surface area (Å²) in [6.45, 7) is 7.83. The molecule has 1 aliphatic heterocycles. The zero-order valence-corrected chi connectivity index (χ0v) is 24.0. The molecule has 0 spiro atoms. The Morgan fingerprint density at radius 1 is 0.846 bits per heavy atom. The van der Waals surface area contributed by atoms with E-state index in [2.05, 4.69) is 58.7 Å². The first-order valence-corrected chi connectivity index (χ1v) is 14.2. The first-order valence-electron chi connectivity index (χ1n) is 13.4. The summed E-state index contributed by atoms with van der Waals surface area (Å²) in [5, 5.41) is 3.53. The molecule has 3 aromatic rings. The number of amides is 3. The fourth-order valence-corrected chi connectivity index (χ4v) is 5.36. The van der Waals surface area contributed by atoms with Crippen molar-refractivity contribution in [2.45, 2.75) is 26.3 Å². The molecular weight excluding hydrogens is 531 g/mol. The van der Waals surface area contributed by atoms with Crippen LogP contribution in [0.2, 0.25) is 10.0 Å². The van der Waals surface area contributed by atoms with Crippen molar-refractivity contribution in [3.8, 4) is 0 Å². The zero-order valence-electron chi connectivity index (χ0n) is 22.5. The average Bonchev–Trinajstić information content (AvgIpc) is 2.95. The van der Waals surface area contributed by atoms with Crippen molar-refractivity contribution < 1.29 is 9.59 Å². The Labute approximate surface area is 241 Å². The van der Waals surface area contributed by atoms with Crippen LogP contribution in [0.1, 0.15) is 37.4 Å². The maximum absolute atomic E-state index is 13.2. The number of anilines is 1. The van der Waals surface area contributed by atoms with Gasteiger partial charge in [0, 0.05) is 45.7 Å². The van der Waals surface area contributed by atoms with Gasteiger partial charge in [-0.2, -0.15) is 0 Å². The van der Waals surface area contributed by atoms with E-state index in [1.807, 2.05) is 30.9 Å². The van der Waals surface area contributed by atoms with Crippen molar-refractivity contribution in [3.63, 3.8) is 0 Å². The number of rotatable bonds is 9. The quantitative estimate of drug-likeness (QED) is 0.309. The van der Waals surface area contributed by atoms with Crippen LogP contribution in [0.3, 0.4) is 0 Å². The summed E-state index contributed by atoms with van der Waals surface area (Å²) in [6.07, 6.45) is 0.268. The molecule has 39 heavy (non-hydrogen) atoms. The first-order chi connectivity index (χ1) is 18.8. The number of carbonyl (C=O) groups is 2. The molecule has 0 bridgehead atoms. The number of benzene rings is 3. The maximum atomic E-state index is 13.2. The van der Waals surface area contributed by atoms with E-state index in [0.717, 1.165) is 13.1 Å². The molecule has 8 heteroatoms. The van der Waals surface area contributed by atoms with Crippen molar-refractivity contribution in [3.05, 3.63) is 100 Å². The van der Waals surface area contributed by atoms with Crippen molar-refractivity contribution in [2.24, 2.45) is 5.92 Å². The fraction of sp³-hybridized carbons (Fsp3) is 0.355. The predicted octanol–water partition coefficient (Wildman–Crippen LogP) is 6.81. The second-order valence-electron chi connectivity index (χ2n) is 10.3. The fourth-order valence-electron chi connectivity index (χ4n) is 5.01. The largest absolute Gasteiger partial charge is 0.340 e. The second-order valence-corrected chi connectivity index (χ2v) is 11.0. The van der Waals surface area contributed by atoms with Gasteiger partial charge in [0.1, 0.15) is 0 Å². The molecule has 1 fully saturated rings. The molecule has 206 valence electrons. The molecule has 0 radical (unpaired) electrons. The van der Waals surface area contributed by atoms with Gasteiger partial charge >= 0.3 is 6.03 Å². The van der Waals surface area contributed by atoms with Gasteiger partial charge < -0.3 is 15.1 Å². The van der Waals surface area contributed by atoms with Crippen LogP contribution < -0.4 is 5.32 Å². The van der Waals surface area contributed by atoms with Crippen LogP contribution in [0.4, 0.5) is 10.5 Å². The van der Waals surface area contributed by atoms with E-state index in [9.17, 15) is 9.59 Å². The van der Waals surface area contributed by atoms with Gasteiger partial charge in [-0.15, -0.1) is 0 Å². The smallest absolute Gasteiger partial charge is 0.321 e. The van der Waals surface area contributed by atoms with Gasteiger partial charge in [-0.1, -0.05) is 104 Å². The van der Waals surface area contributed by atoms with Crippen LogP contribution >= 0.6 is 23.2 Å². The van der Waals surface area contributed by atoms with Crippen LogP contribution in [0.5, 0.6) is 0 Å². The Balaban J connectivity index is 1.36. The third-order valence-corrected chi connectivity index (χ3v) is 7.74. The van der Waals surface area contributed by atoms with E-state index < -0.39 is 0 Å². The lowest BCUT2D eigenvalue weighted by atomic mass is 9.96. The van der Waals surface area contributed by atoms with Crippen LogP contribution in [-0.2, 0) is 4.79 Å². The SMILES string of the molecule is CC(C)CN(CCC(=O)N1CCN(C(c2ccccc2)c2ccccc2)CC1)C(=O)Nc1cccc(Cl)c1Cl. The highest BCUT2D eigenvalue weighted by Crippen LogP contribution is 2.31. The van der Waals surface area contributed by atoms with Crippen LogP contribution in [0.25, 0.3) is 0 Å². The van der Waals surface area contributed by atoms with Crippen LogP contribution in [0, 0.1) is 5.92 Å². The number of halogens is 2. The molecule has 0 saturated carbocycles. The average molecular weight is 568 g/mol. The van der Waals surface area contributed by atoms with Gasteiger partial charge in [-0.05, 0) is 29.2 Å². The van der Waals surface area contributed by atoms with E-state index in [0.29, 0.717) is 41.9 Å². The van der Waals surface area contributed by atoms with Gasteiger partial charge in [0.2, 0.25) is 5.91 Å². The van der Waals surface area contributed by atoms with Crippen molar-refractivity contribution in [1.82, 2.24) is 14.7 Å². The minimum absolute atomic E-state index is 0.0629. The molecule has 4 rings (SSSR count). The lowest BCUT2D eigenvalue weighted by Gasteiger charge is -2.40. The lowest BCUT2D eigenvalue weighted by Crippen LogP contribution is -2.50. The lowest BCUT2D eigenvalue weighted by molar-refractivity contribution is -0.133. The summed E-state index contributed by atoms with van der Waals surface area (Å²) in [6, 6.07) is 26.0. The van der Waals surface area contributed by atoms with E-state index >= 15 is 0 Å². The monoisotopic (exact) mass is 566 g/mol. The Bertz CT molecular complexity index is 1190. The van der Waals surface area contributed by atoms with Gasteiger partial charge in [0.15, 0.2) is 0 Å². The highest BCUT2D eigenvalue weighted by atomic mass is 35.5. The Morgan fingerprint density at radius 3 is 2.00 bits per heavy atom. The summed E-state index contributed by atoms with van der Waals surface area (Å²) >= 11 is 12.4. The molecule has 1 heterocycles. The number of piperazine rings is 1. The van der Waals surface area contributed by atoms with Crippen molar-refractivity contribution >= 4 is 40.8 Å². The number of nitrogens with one attached hydrogen (secondary N) is 1. The third kappa shape index (κ3) is 7.75. The van der Waals surface area contributed by atoms with Gasteiger partial charge in [-0.25, -0.2) is 4.79 Å². The minimum Gasteiger partial charge on any atom is -0.340 e. The second kappa shape index (κ2) is 13.8. The first kappa shape index (κ1) is 28.9. The van der Waals surface area contributed by atoms with Crippen LogP contribution in [0.15, 0.2) is 78.9 Å². The summed E-state index contributed by atoms with van der Waals surface area (Å²) in [5.74, 6) is 0.310.